The molecule has 0 spiro atoms. The van der Waals surface area contributed by atoms with Crippen molar-refractivity contribution in [3.8, 4) is 0 Å². The molecule has 0 unspecified atom stereocenters. The first-order valence-electron chi connectivity index (χ1n) is 5.95. The topological polar surface area (TPSA) is 64.3 Å². The average molecular weight is 269 g/mol. The molecule has 5 heteroatoms. The number of nitrogen functional groups attached to an aromatic ring is 1. The van der Waals surface area contributed by atoms with E-state index in [4.69, 9.17) is 22.1 Å². The molecule has 1 aromatic carbocycles. The second-order valence-corrected chi connectivity index (χ2v) is 5.11. The molecule has 1 aliphatic carbocycles. The van der Waals surface area contributed by atoms with E-state index in [2.05, 4.69) is 5.32 Å². The van der Waals surface area contributed by atoms with Gasteiger partial charge in [-0.2, -0.15) is 0 Å². The standard InChI is InChI=1S/C13H17ClN2O2/c1-18-13(5-2-6-13)8-12(17)16-9-3-4-11(15)10(14)7-9/h3-4,7H,2,5-6,8,15H2,1H3,(H,16,17). The van der Waals surface area contributed by atoms with Gasteiger partial charge in [-0.05, 0) is 37.5 Å². The highest BCUT2D eigenvalue weighted by atomic mass is 35.5. The van der Waals surface area contributed by atoms with E-state index in [0.29, 0.717) is 22.8 Å². The molecule has 0 aliphatic heterocycles. The first kappa shape index (κ1) is 13.2. The molecule has 98 valence electrons. The molecule has 1 fully saturated rings. The summed E-state index contributed by atoms with van der Waals surface area (Å²) in [4.78, 5) is 11.9. The number of carbonyl (C=O) groups is 1. The van der Waals surface area contributed by atoms with Crippen molar-refractivity contribution in [2.24, 2.45) is 0 Å². The molecule has 0 heterocycles. The molecule has 0 saturated heterocycles. The Kier molecular flexibility index (Phi) is 3.78. The van der Waals surface area contributed by atoms with Crippen LogP contribution in [-0.2, 0) is 9.53 Å². The van der Waals surface area contributed by atoms with Crippen LogP contribution in [0.15, 0.2) is 18.2 Å². The number of carbonyl (C=O) groups excluding carboxylic acids is 1. The number of ether oxygens (including phenoxy) is 1. The first-order valence-corrected chi connectivity index (χ1v) is 6.32. The lowest BCUT2D eigenvalue weighted by Crippen LogP contribution is -2.42. The van der Waals surface area contributed by atoms with Gasteiger partial charge in [0.05, 0.1) is 22.7 Å². The molecule has 1 saturated carbocycles. The summed E-state index contributed by atoms with van der Waals surface area (Å²) in [5.74, 6) is -0.0580. The Balaban J connectivity index is 1.96. The molecule has 1 aromatic rings. The number of halogens is 1. The fraction of sp³-hybridized carbons (Fsp3) is 0.462. The summed E-state index contributed by atoms with van der Waals surface area (Å²) >= 11 is 5.90. The van der Waals surface area contributed by atoms with Gasteiger partial charge < -0.3 is 15.8 Å². The highest BCUT2D eigenvalue weighted by Crippen LogP contribution is 2.38. The lowest BCUT2D eigenvalue weighted by molar-refractivity contribution is -0.129. The molecular formula is C13H17ClN2O2. The van der Waals surface area contributed by atoms with E-state index in [1.807, 2.05) is 0 Å². The number of nitrogens with one attached hydrogen (secondary N) is 1. The van der Waals surface area contributed by atoms with Crippen molar-refractivity contribution in [2.75, 3.05) is 18.2 Å². The summed E-state index contributed by atoms with van der Waals surface area (Å²) in [6.45, 7) is 0. The number of rotatable bonds is 4. The molecule has 4 nitrogen and oxygen atoms in total. The van der Waals surface area contributed by atoms with Crippen LogP contribution in [0.25, 0.3) is 0 Å². The van der Waals surface area contributed by atoms with Crippen LogP contribution in [0.3, 0.4) is 0 Å². The lowest BCUT2D eigenvalue weighted by Gasteiger charge is -2.39. The van der Waals surface area contributed by atoms with Crippen LogP contribution in [0, 0.1) is 0 Å². The zero-order valence-electron chi connectivity index (χ0n) is 10.3. The van der Waals surface area contributed by atoms with E-state index >= 15 is 0 Å². The average Bonchev–Trinajstić information content (AvgIpc) is 2.29. The zero-order chi connectivity index (χ0) is 13.2. The summed E-state index contributed by atoms with van der Waals surface area (Å²) in [6.07, 6.45) is 3.39. The van der Waals surface area contributed by atoms with Crippen LogP contribution in [-0.4, -0.2) is 18.6 Å². The summed E-state index contributed by atoms with van der Waals surface area (Å²) in [5, 5.41) is 3.25. The van der Waals surface area contributed by atoms with Gasteiger partial charge in [-0.25, -0.2) is 0 Å². The number of anilines is 2. The number of nitrogens with two attached hydrogens (primary N) is 1. The number of methoxy groups -OCH3 is 1. The van der Waals surface area contributed by atoms with E-state index < -0.39 is 0 Å². The smallest absolute Gasteiger partial charge is 0.227 e. The van der Waals surface area contributed by atoms with Crippen molar-refractivity contribution >= 4 is 28.9 Å². The van der Waals surface area contributed by atoms with Crippen molar-refractivity contribution in [3.63, 3.8) is 0 Å². The van der Waals surface area contributed by atoms with Gasteiger partial charge in [-0.15, -0.1) is 0 Å². The molecule has 1 aliphatic rings. The Labute approximate surface area is 111 Å². The Hall–Kier alpha value is -1.26. The van der Waals surface area contributed by atoms with Crippen LogP contribution in [0.5, 0.6) is 0 Å². The minimum Gasteiger partial charge on any atom is -0.398 e. The Morgan fingerprint density at radius 1 is 1.56 bits per heavy atom. The van der Waals surface area contributed by atoms with Crippen LogP contribution in [0.4, 0.5) is 11.4 Å². The lowest BCUT2D eigenvalue weighted by atomic mass is 9.77. The Bertz CT molecular complexity index is 453. The van der Waals surface area contributed by atoms with Gasteiger partial charge in [-0.3, -0.25) is 4.79 Å². The van der Waals surface area contributed by atoms with Gasteiger partial charge in [0.15, 0.2) is 0 Å². The van der Waals surface area contributed by atoms with Gasteiger partial charge in [0.1, 0.15) is 0 Å². The van der Waals surface area contributed by atoms with Gasteiger partial charge in [0, 0.05) is 12.8 Å². The molecule has 0 bridgehead atoms. The SMILES string of the molecule is COC1(CC(=O)Nc2ccc(N)c(Cl)c2)CCC1. The molecule has 18 heavy (non-hydrogen) atoms. The maximum Gasteiger partial charge on any atom is 0.227 e. The second-order valence-electron chi connectivity index (χ2n) is 4.70. The minimum atomic E-state index is -0.262. The maximum atomic E-state index is 11.9. The number of amides is 1. The van der Waals surface area contributed by atoms with Crippen LogP contribution >= 0.6 is 11.6 Å². The van der Waals surface area contributed by atoms with Crippen molar-refractivity contribution in [3.05, 3.63) is 23.2 Å². The molecular weight excluding hydrogens is 252 g/mol. The molecule has 0 atom stereocenters. The van der Waals surface area contributed by atoms with Crippen molar-refractivity contribution in [1.82, 2.24) is 0 Å². The monoisotopic (exact) mass is 268 g/mol. The third-order valence-corrected chi connectivity index (χ3v) is 3.79. The number of benzene rings is 1. The molecule has 3 N–H and O–H groups in total. The van der Waals surface area contributed by atoms with E-state index in [-0.39, 0.29) is 11.5 Å². The largest absolute Gasteiger partial charge is 0.398 e. The fourth-order valence-electron chi connectivity index (χ4n) is 2.13. The molecule has 0 aromatic heterocycles. The van der Waals surface area contributed by atoms with Crippen molar-refractivity contribution in [1.29, 1.82) is 0 Å². The van der Waals surface area contributed by atoms with Crippen molar-refractivity contribution in [2.45, 2.75) is 31.3 Å². The van der Waals surface area contributed by atoms with E-state index in [9.17, 15) is 4.79 Å². The number of hydrogen-bond acceptors (Lipinski definition) is 3. The third kappa shape index (κ3) is 2.76. The first-order chi connectivity index (χ1) is 8.54. The predicted octanol–water partition coefficient (Wildman–Crippen LogP) is 2.82. The van der Waals surface area contributed by atoms with Gasteiger partial charge >= 0.3 is 0 Å². The second kappa shape index (κ2) is 5.16. The summed E-state index contributed by atoms with van der Waals surface area (Å²) in [5.41, 5.74) is 6.51. The predicted molar refractivity (Wildman–Crippen MR) is 72.7 cm³/mol. The number of hydrogen-bond donors (Lipinski definition) is 2. The summed E-state index contributed by atoms with van der Waals surface area (Å²) < 4.78 is 5.42. The van der Waals surface area contributed by atoms with Gasteiger partial charge in [0.25, 0.3) is 0 Å². The Morgan fingerprint density at radius 2 is 2.28 bits per heavy atom. The molecule has 1 amide bonds. The third-order valence-electron chi connectivity index (χ3n) is 3.46. The molecule has 0 radical (unpaired) electrons. The van der Waals surface area contributed by atoms with E-state index in [1.165, 1.54) is 0 Å². The normalized spacial score (nSPS) is 17.0. The van der Waals surface area contributed by atoms with E-state index in [0.717, 1.165) is 19.3 Å². The quantitative estimate of drug-likeness (QED) is 0.826. The highest BCUT2D eigenvalue weighted by Gasteiger charge is 2.38. The Morgan fingerprint density at radius 3 is 2.78 bits per heavy atom. The van der Waals surface area contributed by atoms with Gasteiger partial charge in [0.2, 0.25) is 5.91 Å². The van der Waals surface area contributed by atoms with Crippen LogP contribution in [0.1, 0.15) is 25.7 Å². The van der Waals surface area contributed by atoms with Gasteiger partial charge in [-0.1, -0.05) is 11.6 Å². The minimum absolute atomic E-state index is 0.0580. The fourth-order valence-corrected chi connectivity index (χ4v) is 2.31. The maximum absolute atomic E-state index is 11.9. The highest BCUT2D eigenvalue weighted by molar-refractivity contribution is 6.33. The zero-order valence-corrected chi connectivity index (χ0v) is 11.1. The van der Waals surface area contributed by atoms with Crippen LogP contribution in [0.2, 0.25) is 5.02 Å². The van der Waals surface area contributed by atoms with Crippen LogP contribution < -0.4 is 11.1 Å². The van der Waals surface area contributed by atoms with E-state index in [1.54, 1.807) is 25.3 Å². The summed E-state index contributed by atoms with van der Waals surface area (Å²) in [6, 6.07) is 5.06. The molecule has 2 rings (SSSR count). The summed E-state index contributed by atoms with van der Waals surface area (Å²) in [7, 11) is 1.66. The van der Waals surface area contributed by atoms with Crippen molar-refractivity contribution < 1.29 is 9.53 Å².